The van der Waals surface area contributed by atoms with Crippen LogP contribution in [-0.2, 0) is 19.0 Å². The number of amides is 1. The number of carbonyl (C=O) groups is 2. The lowest BCUT2D eigenvalue weighted by Crippen LogP contribution is -2.31. The van der Waals surface area contributed by atoms with Crippen molar-refractivity contribution in [1.29, 1.82) is 0 Å². The standard InChI is InChI=1S/C31H24F3N3O5/c1-2-22-16-35-29(42-22)27(12-17-6-9-21(38)10-7-17)37-28(39)26-15-24(30(40)41)23-14-19(8-11-25(23)36-26)18-4-3-5-20(13-18)31(32,33)34/h3-11,13-16,27,38H,2,12H2,1H3,(H,37,39)(H,40,41)/t27-/m0/s1. The van der Waals surface area contributed by atoms with E-state index in [0.29, 0.717) is 17.7 Å². The van der Waals surface area contributed by atoms with Gasteiger partial charge in [0, 0.05) is 18.2 Å². The number of pyridine rings is 1. The van der Waals surface area contributed by atoms with Gasteiger partial charge < -0.3 is 19.9 Å². The van der Waals surface area contributed by atoms with E-state index in [-0.39, 0.29) is 45.8 Å². The van der Waals surface area contributed by atoms with Gasteiger partial charge in [-0.25, -0.2) is 14.8 Å². The number of carboxylic acid groups (broad SMARTS) is 1. The molecule has 0 aliphatic rings. The van der Waals surface area contributed by atoms with Gasteiger partial charge in [0.2, 0.25) is 5.89 Å². The van der Waals surface area contributed by atoms with Crippen LogP contribution in [0.4, 0.5) is 13.2 Å². The molecule has 5 aromatic rings. The number of aromatic hydroxyl groups is 1. The van der Waals surface area contributed by atoms with Crippen LogP contribution in [-0.4, -0.2) is 32.1 Å². The molecular formula is C31H24F3N3O5. The molecule has 11 heteroatoms. The van der Waals surface area contributed by atoms with E-state index in [4.69, 9.17) is 4.42 Å². The third kappa shape index (κ3) is 6.09. The van der Waals surface area contributed by atoms with E-state index < -0.39 is 29.7 Å². The summed E-state index contributed by atoms with van der Waals surface area (Å²) in [6.07, 6.45) is -2.13. The Hall–Kier alpha value is -5.19. The summed E-state index contributed by atoms with van der Waals surface area (Å²) in [6, 6.07) is 15.9. The first-order valence-corrected chi connectivity index (χ1v) is 12.9. The third-order valence-corrected chi connectivity index (χ3v) is 6.69. The number of hydrogen-bond acceptors (Lipinski definition) is 6. The Morgan fingerprint density at radius 3 is 2.40 bits per heavy atom. The Labute approximate surface area is 237 Å². The fourth-order valence-corrected chi connectivity index (χ4v) is 4.52. The molecule has 0 radical (unpaired) electrons. The molecule has 3 aromatic carbocycles. The predicted octanol–water partition coefficient (Wildman–Crippen LogP) is 6.59. The van der Waals surface area contributed by atoms with Crippen LogP contribution in [0.2, 0.25) is 0 Å². The van der Waals surface area contributed by atoms with Crippen molar-refractivity contribution in [3.63, 3.8) is 0 Å². The molecule has 0 bridgehead atoms. The SMILES string of the molecule is CCc1cnc([C@H](Cc2ccc(O)cc2)NC(=O)c2cc(C(=O)O)c3cc(-c4cccc(C(F)(F)F)c4)ccc3n2)o1. The van der Waals surface area contributed by atoms with Gasteiger partial charge in [-0.3, -0.25) is 4.79 Å². The molecule has 2 aromatic heterocycles. The number of phenolic OH excluding ortho intramolecular Hbond substituents is 1. The van der Waals surface area contributed by atoms with E-state index in [2.05, 4.69) is 15.3 Å². The zero-order chi connectivity index (χ0) is 30.0. The number of benzene rings is 3. The number of aromatic nitrogens is 2. The van der Waals surface area contributed by atoms with Gasteiger partial charge in [-0.05, 0) is 59.2 Å². The number of oxazole rings is 1. The second kappa shape index (κ2) is 11.4. The number of aromatic carboxylic acids is 1. The molecule has 42 heavy (non-hydrogen) atoms. The van der Waals surface area contributed by atoms with Crippen LogP contribution in [0, 0.1) is 0 Å². The number of carbonyl (C=O) groups excluding carboxylic acids is 1. The number of hydrogen-bond donors (Lipinski definition) is 3. The fourth-order valence-electron chi connectivity index (χ4n) is 4.52. The van der Waals surface area contributed by atoms with Crippen molar-refractivity contribution in [2.45, 2.75) is 32.0 Å². The predicted molar refractivity (Wildman–Crippen MR) is 147 cm³/mol. The molecule has 0 spiro atoms. The summed E-state index contributed by atoms with van der Waals surface area (Å²) in [5.74, 6) is -1.07. The molecular weight excluding hydrogens is 551 g/mol. The second-order valence-electron chi connectivity index (χ2n) is 9.59. The molecule has 0 aliphatic heterocycles. The van der Waals surface area contributed by atoms with E-state index in [9.17, 15) is 33.0 Å². The summed E-state index contributed by atoms with van der Waals surface area (Å²) in [6.45, 7) is 1.89. The van der Waals surface area contributed by atoms with Crippen molar-refractivity contribution >= 4 is 22.8 Å². The molecule has 0 saturated carbocycles. The van der Waals surface area contributed by atoms with Gasteiger partial charge in [0.25, 0.3) is 5.91 Å². The molecule has 1 amide bonds. The maximum atomic E-state index is 13.4. The summed E-state index contributed by atoms with van der Waals surface area (Å²) in [4.78, 5) is 34.3. The number of rotatable bonds is 8. The molecule has 214 valence electrons. The molecule has 8 nitrogen and oxygen atoms in total. The van der Waals surface area contributed by atoms with Gasteiger partial charge >= 0.3 is 12.1 Å². The Kier molecular flexibility index (Phi) is 7.66. The van der Waals surface area contributed by atoms with E-state index >= 15 is 0 Å². The molecule has 0 saturated heterocycles. The van der Waals surface area contributed by atoms with Crippen molar-refractivity contribution in [3.8, 4) is 16.9 Å². The maximum Gasteiger partial charge on any atom is 0.416 e. The lowest BCUT2D eigenvalue weighted by molar-refractivity contribution is -0.137. The number of fused-ring (bicyclic) bond motifs is 1. The third-order valence-electron chi connectivity index (χ3n) is 6.69. The molecule has 2 heterocycles. The molecule has 1 atom stereocenters. The molecule has 3 N–H and O–H groups in total. The number of carboxylic acids is 1. The lowest BCUT2D eigenvalue weighted by Gasteiger charge is -2.17. The maximum absolute atomic E-state index is 13.4. The smallest absolute Gasteiger partial charge is 0.416 e. The number of halogens is 3. The number of phenols is 1. The Balaban J connectivity index is 1.49. The van der Waals surface area contributed by atoms with E-state index in [1.165, 1.54) is 42.5 Å². The monoisotopic (exact) mass is 575 g/mol. The van der Waals surface area contributed by atoms with Gasteiger partial charge in [-0.15, -0.1) is 0 Å². The van der Waals surface area contributed by atoms with Gasteiger partial charge in [0.05, 0.1) is 22.8 Å². The minimum absolute atomic E-state index is 0.0847. The molecule has 0 aliphatic carbocycles. The van der Waals surface area contributed by atoms with Gasteiger partial charge in [-0.2, -0.15) is 13.2 Å². The lowest BCUT2D eigenvalue weighted by atomic mass is 9.98. The highest BCUT2D eigenvalue weighted by Crippen LogP contribution is 2.33. The molecule has 0 fully saturated rings. The summed E-state index contributed by atoms with van der Waals surface area (Å²) >= 11 is 0. The number of aryl methyl sites for hydroxylation is 1. The highest BCUT2D eigenvalue weighted by Gasteiger charge is 2.30. The van der Waals surface area contributed by atoms with Gasteiger partial charge in [-0.1, -0.05) is 37.3 Å². The zero-order valence-corrected chi connectivity index (χ0v) is 22.1. The molecule has 5 rings (SSSR count). The minimum atomic E-state index is -4.54. The number of nitrogens with zero attached hydrogens (tertiary/aromatic N) is 2. The summed E-state index contributed by atoms with van der Waals surface area (Å²) < 4.78 is 45.5. The van der Waals surface area contributed by atoms with Crippen LogP contribution < -0.4 is 5.32 Å². The van der Waals surface area contributed by atoms with Crippen molar-refractivity contribution in [2.24, 2.45) is 0 Å². The topological polar surface area (TPSA) is 126 Å². The average Bonchev–Trinajstić information content (AvgIpc) is 3.46. The first-order chi connectivity index (χ1) is 20.0. The Morgan fingerprint density at radius 2 is 1.74 bits per heavy atom. The summed E-state index contributed by atoms with van der Waals surface area (Å²) in [7, 11) is 0. The van der Waals surface area contributed by atoms with E-state index in [1.807, 2.05) is 6.92 Å². The highest BCUT2D eigenvalue weighted by molar-refractivity contribution is 6.06. The van der Waals surface area contributed by atoms with Crippen LogP contribution in [0.3, 0.4) is 0 Å². The van der Waals surface area contributed by atoms with Crippen LogP contribution in [0.15, 0.2) is 83.4 Å². The quantitative estimate of drug-likeness (QED) is 0.191. The van der Waals surface area contributed by atoms with Gasteiger partial charge in [0.1, 0.15) is 23.2 Å². The second-order valence-corrected chi connectivity index (χ2v) is 9.59. The first-order valence-electron chi connectivity index (χ1n) is 12.9. The zero-order valence-electron chi connectivity index (χ0n) is 22.1. The molecule has 0 unspecified atom stereocenters. The number of nitrogens with one attached hydrogen (secondary N) is 1. The largest absolute Gasteiger partial charge is 0.508 e. The van der Waals surface area contributed by atoms with Crippen LogP contribution in [0.25, 0.3) is 22.0 Å². The van der Waals surface area contributed by atoms with Crippen molar-refractivity contribution in [1.82, 2.24) is 15.3 Å². The van der Waals surface area contributed by atoms with Crippen molar-refractivity contribution in [3.05, 3.63) is 113 Å². The van der Waals surface area contributed by atoms with Crippen LogP contribution >= 0.6 is 0 Å². The minimum Gasteiger partial charge on any atom is -0.508 e. The highest BCUT2D eigenvalue weighted by atomic mass is 19.4. The van der Waals surface area contributed by atoms with Crippen LogP contribution in [0.1, 0.15) is 56.6 Å². The Morgan fingerprint density at radius 1 is 1.00 bits per heavy atom. The average molecular weight is 576 g/mol. The number of alkyl halides is 3. The van der Waals surface area contributed by atoms with E-state index in [1.54, 1.807) is 18.3 Å². The van der Waals surface area contributed by atoms with Crippen molar-refractivity contribution in [2.75, 3.05) is 0 Å². The van der Waals surface area contributed by atoms with Crippen molar-refractivity contribution < 1.29 is 37.4 Å². The first kappa shape index (κ1) is 28.3. The normalized spacial score (nSPS) is 12.3. The van der Waals surface area contributed by atoms with Crippen LogP contribution in [0.5, 0.6) is 5.75 Å². The Bertz CT molecular complexity index is 1780. The summed E-state index contributed by atoms with van der Waals surface area (Å²) in [5, 5.41) is 22.6. The van der Waals surface area contributed by atoms with Gasteiger partial charge in [0.15, 0.2) is 0 Å². The fraction of sp³-hybridized carbons (Fsp3) is 0.161. The van der Waals surface area contributed by atoms with E-state index in [0.717, 1.165) is 23.8 Å². The summed E-state index contributed by atoms with van der Waals surface area (Å²) in [5.41, 5.74) is 0.314.